The highest BCUT2D eigenvalue weighted by Gasteiger charge is 2.33. The lowest BCUT2D eigenvalue weighted by molar-refractivity contribution is -0.134. The lowest BCUT2D eigenvalue weighted by Gasteiger charge is -2.27. The standard InChI is InChI=1S/C19H20F3N3O2S/c1-23-14(9-16(26)24-4-6-27-7-5-24)15-8-11(10-25(15)19(23)28)17-12(20)2-3-13(21)18(17)22/h2-3,11H,4-10H2,1H3/t11-/m0/s1. The minimum absolute atomic E-state index is 0.0335. The van der Waals surface area contributed by atoms with Gasteiger partial charge in [-0.25, -0.2) is 13.2 Å². The Bertz CT molecular complexity index is 995. The molecular formula is C19H20F3N3O2S. The normalized spacial score (nSPS) is 19.1. The zero-order valence-electron chi connectivity index (χ0n) is 15.4. The van der Waals surface area contributed by atoms with Crippen LogP contribution in [0.3, 0.4) is 0 Å². The molecule has 3 heterocycles. The first kappa shape index (κ1) is 19.2. The van der Waals surface area contributed by atoms with Crippen LogP contribution in [-0.2, 0) is 36.0 Å². The molecule has 150 valence electrons. The maximum Gasteiger partial charge on any atom is 0.228 e. The number of ether oxygens (including phenoxy) is 1. The zero-order valence-corrected chi connectivity index (χ0v) is 16.2. The maximum atomic E-state index is 14.2. The van der Waals surface area contributed by atoms with E-state index >= 15 is 0 Å². The quantitative estimate of drug-likeness (QED) is 0.576. The Balaban J connectivity index is 1.63. The molecule has 2 aliphatic rings. The topological polar surface area (TPSA) is 39.4 Å². The van der Waals surface area contributed by atoms with E-state index in [9.17, 15) is 18.0 Å². The third-order valence-corrected chi connectivity index (χ3v) is 6.09. The van der Waals surface area contributed by atoms with E-state index in [2.05, 4.69) is 0 Å². The minimum atomic E-state index is -1.16. The molecule has 0 bridgehead atoms. The number of morpholine rings is 1. The number of benzene rings is 1. The van der Waals surface area contributed by atoms with Crippen LogP contribution in [0.4, 0.5) is 13.2 Å². The van der Waals surface area contributed by atoms with Crippen molar-refractivity contribution in [2.45, 2.75) is 25.3 Å². The molecule has 1 atom stereocenters. The minimum Gasteiger partial charge on any atom is -0.378 e. The summed E-state index contributed by atoms with van der Waals surface area (Å²) in [5, 5.41) is 0. The summed E-state index contributed by atoms with van der Waals surface area (Å²) in [5.41, 5.74) is 1.26. The number of rotatable bonds is 3. The number of carbonyl (C=O) groups excluding carboxylic acids is 1. The molecule has 1 saturated heterocycles. The van der Waals surface area contributed by atoms with Crippen LogP contribution in [0.25, 0.3) is 0 Å². The van der Waals surface area contributed by atoms with Crippen LogP contribution in [0.1, 0.15) is 22.9 Å². The Morgan fingerprint density at radius 2 is 1.89 bits per heavy atom. The molecule has 1 aromatic heterocycles. The number of hydrogen-bond acceptors (Lipinski definition) is 3. The van der Waals surface area contributed by atoms with Crippen molar-refractivity contribution in [1.29, 1.82) is 0 Å². The molecule has 0 N–H and O–H groups in total. The van der Waals surface area contributed by atoms with Gasteiger partial charge in [-0.15, -0.1) is 0 Å². The summed E-state index contributed by atoms with van der Waals surface area (Å²) in [6.45, 7) is 2.37. The summed E-state index contributed by atoms with van der Waals surface area (Å²) in [7, 11) is 1.79. The molecule has 0 unspecified atom stereocenters. The molecule has 0 spiro atoms. The van der Waals surface area contributed by atoms with Gasteiger partial charge in [0.05, 0.1) is 19.6 Å². The number of hydrogen-bond donors (Lipinski definition) is 0. The monoisotopic (exact) mass is 411 g/mol. The van der Waals surface area contributed by atoms with Gasteiger partial charge < -0.3 is 18.8 Å². The average molecular weight is 411 g/mol. The number of halogens is 3. The number of carbonyl (C=O) groups is 1. The van der Waals surface area contributed by atoms with Crippen molar-refractivity contribution in [2.24, 2.45) is 7.05 Å². The molecule has 9 heteroatoms. The van der Waals surface area contributed by atoms with Crippen molar-refractivity contribution in [3.05, 3.63) is 51.3 Å². The smallest absolute Gasteiger partial charge is 0.228 e. The van der Waals surface area contributed by atoms with E-state index < -0.39 is 23.4 Å². The number of imidazole rings is 1. The van der Waals surface area contributed by atoms with Crippen molar-refractivity contribution in [3.8, 4) is 0 Å². The van der Waals surface area contributed by atoms with Crippen LogP contribution in [0.15, 0.2) is 12.1 Å². The Morgan fingerprint density at radius 1 is 1.21 bits per heavy atom. The molecule has 1 aromatic carbocycles. The van der Waals surface area contributed by atoms with E-state index in [0.717, 1.165) is 23.5 Å². The van der Waals surface area contributed by atoms with Crippen LogP contribution in [0.5, 0.6) is 0 Å². The molecule has 5 nitrogen and oxygen atoms in total. The lowest BCUT2D eigenvalue weighted by atomic mass is 9.95. The fraction of sp³-hybridized carbons (Fsp3) is 0.474. The van der Waals surface area contributed by atoms with Crippen molar-refractivity contribution in [1.82, 2.24) is 14.0 Å². The van der Waals surface area contributed by atoms with E-state index in [1.54, 1.807) is 21.1 Å². The van der Waals surface area contributed by atoms with Crippen LogP contribution in [-0.4, -0.2) is 46.2 Å². The summed E-state index contributed by atoms with van der Waals surface area (Å²) in [4.78, 5) is 14.4. The van der Waals surface area contributed by atoms with Crippen LogP contribution in [0, 0.1) is 22.2 Å². The fourth-order valence-electron chi connectivity index (χ4n) is 4.09. The number of aromatic nitrogens is 2. The number of fused-ring (bicyclic) bond motifs is 1. The highest BCUT2D eigenvalue weighted by molar-refractivity contribution is 7.71. The number of amides is 1. The van der Waals surface area contributed by atoms with Gasteiger partial charge in [-0.05, 0) is 30.8 Å². The first-order valence-corrected chi connectivity index (χ1v) is 9.55. The summed E-state index contributed by atoms with van der Waals surface area (Å²) in [6.07, 6.45) is 0.455. The first-order chi connectivity index (χ1) is 13.4. The van der Waals surface area contributed by atoms with Crippen LogP contribution >= 0.6 is 12.2 Å². The van der Waals surface area contributed by atoms with Crippen molar-refractivity contribution in [2.75, 3.05) is 26.3 Å². The molecule has 0 radical (unpaired) electrons. The van der Waals surface area contributed by atoms with Gasteiger partial charge in [0.1, 0.15) is 5.82 Å². The molecule has 28 heavy (non-hydrogen) atoms. The Labute approximate surface area is 165 Å². The highest BCUT2D eigenvalue weighted by Crippen LogP contribution is 2.36. The third kappa shape index (κ3) is 3.16. The SMILES string of the molecule is Cn1c(CC(=O)N2CCOCC2)c2n(c1=S)C[C@@H](c1c(F)ccc(F)c1F)C2. The predicted octanol–water partition coefficient (Wildman–Crippen LogP) is 2.71. The van der Waals surface area contributed by atoms with E-state index in [0.29, 0.717) is 37.5 Å². The molecule has 2 aromatic rings. The van der Waals surface area contributed by atoms with Gasteiger partial charge in [-0.2, -0.15) is 0 Å². The molecule has 1 amide bonds. The summed E-state index contributed by atoms with van der Waals surface area (Å²) in [6, 6.07) is 1.73. The molecule has 1 fully saturated rings. The third-order valence-electron chi connectivity index (χ3n) is 5.59. The van der Waals surface area contributed by atoms with Gasteiger partial charge >= 0.3 is 0 Å². The fourth-order valence-corrected chi connectivity index (χ4v) is 4.39. The van der Waals surface area contributed by atoms with Gasteiger partial charge in [-0.3, -0.25) is 4.79 Å². The van der Waals surface area contributed by atoms with Gasteiger partial charge in [0.2, 0.25) is 5.91 Å². The highest BCUT2D eigenvalue weighted by atomic mass is 32.1. The average Bonchev–Trinajstić information content (AvgIpc) is 3.21. The molecule has 0 aliphatic carbocycles. The molecule has 4 rings (SSSR count). The molecular weight excluding hydrogens is 391 g/mol. The van der Waals surface area contributed by atoms with Crippen LogP contribution < -0.4 is 0 Å². The van der Waals surface area contributed by atoms with Crippen molar-refractivity contribution in [3.63, 3.8) is 0 Å². The zero-order chi connectivity index (χ0) is 20.0. The Kier molecular flexibility index (Phi) is 5.05. The van der Waals surface area contributed by atoms with Crippen molar-refractivity contribution >= 4 is 18.1 Å². The van der Waals surface area contributed by atoms with Gasteiger partial charge in [0.15, 0.2) is 16.4 Å². The second kappa shape index (κ2) is 7.36. The van der Waals surface area contributed by atoms with E-state index in [1.807, 2.05) is 0 Å². The second-order valence-corrected chi connectivity index (χ2v) is 7.54. The van der Waals surface area contributed by atoms with Crippen LogP contribution in [0.2, 0.25) is 0 Å². The number of nitrogens with zero attached hydrogens (tertiary/aromatic N) is 3. The Hall–Kier alpha value is -2.13. The van der Waals surface area contributed by atoms with E-state index in [4.69, 9.17) is 17.0 Å². The van der Waals surface area contributed by atoms with Gasteiger partial charge in [0.25, 0.3) is 0 Å². The maximum absolute atomic E-state index is 14.2. The lowest BCUT2D eigenvalue weighted by Crippen LogP contribution is -2.41. The predicted molar refractivity (Wildman–Crippen MR) is 98.1 cm³/mol. The molecule has 2 aliphatic heterocycles. The summed E-state index contributed by atoms with van der Waals surface area (Å²) in [5.74, 6) is -3.59. The summed E-state index contributed by atoms with van der Waals surface area (Å²) >= 11 is 5.46. The van der Waals surface area contributed by atoms with Gasteiger partial charge in [0, 0.05) is 49.6 Å². The summed E-state index contributed by atoms with van der Waals surface area (Å²) < 4.78 is 51.4. The Morgan fingerprint density at radius 3 is 2.61 bits per heavy atom. The largest absolute Gasteiger partial charge is 0.378 e. The second-order valence-electron chi connectivity index (χ2n) is 7.17. The van der Waals surface area contributed by atoms with E-state index in [-0.39, 0.29) is 24.4 Å². The molecule has 0 saturated carbocycles. The van der Waals surface area contributed by atoms with Gasteiger partial charge in [-0.1, -0.05) is 0 Å². The van der Waals surface area contributed by atoms with E-state index in [1.165, 1.54) is 0 Å². The van der Waals surface area contributed by atoms with Crippen molar-refractivity contribution < 1.29 is 22.7 Å². The first-order valence-electron chi connectivity index (χ1n) is 9.14.